The number of halogens is 2. The highest BCUT2D eigenvalue weighted by molar-refractivity contribution is 9.11. The van der Waals surface area contributed by atoms with E-state index in [2.05, 4.69) is 31.9 Å². The summed E-state index contributed by atoms with van der Waals surface area (Å²) in [4.78, 5) is 0. The molecule has 0 radical (unpaired) electrons. The van der Waals surface area contributed by atoms with E-state index < -0.39 is 0 Å². The van der Waals surface area contributed by atoms with Gasteiger partial charge in [-0.05, 0) is 22.0 Å². The minimum Gasteiger partial charge on any atom is -0.491 e. The van der Waals surface area contributed by atoms with Crippen LogP contribution in [0.25, 0.3) is 0 Å². The largest absolute Gasteiger partial charge is 0.491 e. The molecule has 12 heavy (non-hydrogen) atoms. The summed E-state index contributed by atoms with van der Waals surface area (Å²) in [6.07, 6.45) is 0.938. The van der Waals surface area contributed by atoms with Crippen LogP contribution in [-0.4, -0.2) is 6.61 Å². The third-order valence-electron chi connectivity index (χ3n) is 1.92. The Balaban J connectivity index is 2.69. The molecule has 0 unspecified atom stereocenters. The number of fused-ring (bicyclic) bond motifs is 1. The molecular weight excluding hydrogens is 286 g/mol. The fourth-order valence-electron chi connectivity index (χ4n) is 1.31. The van der Waals surface area contributed by atoms with Gasteiger partial charge in [0.05, 0.1) is 12.3 Å². The Hall–Kier alpha value is -0.220. The third kappa shape index (κ3) is 1.13. The zero-order valence-electron chi connectivity index (χ0n) is 6.23. The maximum absolute atomic E-state index is 5.81. The molecule has 1 aromatic rings. The van der Waals surface area contributed by atoms with E-state index in [-0.39, 0.29) is 0 Å². The first-order valence-corrected chi connectivity index (χ1v) is 5.18. The maximum Gasteiger partial charge on any atom is 0.147 e. The lowest BCUT2D eigenvalue weighted by molar-refractivity contribution is 0.358. The van der Waals surface area contributed by atoms with Crippen molar-refractivity contribution in [2.45, 2.75) is 6.42 Å². The topological polar surface area (TPSA) is 35.2 Å². The van der Waals surface area contributed by atoms with Crippen molar-refractivity contribution in [2.24, 2.45) is 0 Å². The molecule has 0 spiro atoms. The molecule has 0 aliphatic carbocycles. The summed E-state index contributed by atoms with van der Waals surface area (Å²) in [6.45, 7) is 0.731. The first-order chi connectivity index (χ1) is 5.70. The summed E-state index contributed by atoms with van der Waals surface area (Å²) < 4.78 is 7.36. The Morgan fingerprint density at radius 1 is 1.33 bits per heavy atom. The molecule has 1 aliphatic heterocycles. The number of nitrogen functional groups attached to an aromatic ring is 1. The van der Waals surface area contributed by atoms with Gasteiger partial charge in [-0.2, -0.15) is 0 Å². The predicted molar refractivity (Wildman–Crippen MR) is 55.5 cm³/mol. The third-order valence-corrected chi connectivity index (χ3v) is 3.28. The number of hydrogen-bond acceptors (Lipinski definition) is 2. The Kier molecular flexibility index (Phi) is 2.04. The van der Waals surface area contributed by atoms with E-state index in [4.69, 9.17) is 10.5 Å². The molecule has 1 aliphatic rings. The van der Waals surface area contributed by atoms with E-state index in [0.29, 0.717) is 5.69 Å². The molecule has 0 saturated heterocycles. The van der Waals surface area contributed by atoms with Crippen LogP contribution in [0.1, 0.15) is 5.56 Å². The number of ether oxygens (including phenoxy) is 1. The summed E-state index contributed by atoms with van der Waals surface area (Å²) >= 11 is 6.83. The van der Waals surface area contributed by atoms with Crippen LogP contribution in [0.4, 0.5) is 5.69 Å². The number of hydrogen-bond donors (Lipinski definition) is 1. The lowest BCUT2D eigenvalue weighted by Crippen LogP contribution is -1.93. The quantitative estimate of drug-likeness (QED) is 0.746. The lowest BCUT2D eigenvalue weighted by atomic mass is 10.1. The Bertz CT molecular complexity index is 338. The van der Waals surface area contributed by atoms with Crippen molar-refractivity contribution in [1.29, 1.82) is 0 Å². The first kappa shape index (κ1) is 8.38. The van der Waals surface area contributed by atoms with Crippen molar-refractivity contribution in [2.75, 3.05) is 12.3 Å². The molecule has 0 saturated carbocycles. The zero-order valence-corrected chi connectivity index (χ0v) is 9.41. The van der Waals surface area contributed by atoms with E-state index in [1.165, 1.54) is 5.56 Å². The minimum atomic E-state index is 0.700. The number of benzene rings is 1. The number of rotatable bonds is 0. The van der Waals surface area contributed by atoms with E-state index in [9.17, 15) is 0 Å². The van der Waals surface area contributed by atoms with Crippen LogP contribution in [-0.2, 0) is 6.42 Å². The molecule has 64 valence electrons. The fourth-order valence-corrected chi connectivity index (χ4v) is 2.63. The van der Waals surface area contributed by atoms with E-state index in [1.807, 2.05) is 6.07 Å². The highest BCUT2D eigenvalue weighted by Crippen LogP contribution is 2.41. The highest BCUT2D eigenvalue weighted by atomic mass is 79.9. The number of nitrogens with two attached hydrogens (primary N) is 1. The highest BCUT2D eigenvalue weighted by Gasteiger charge is 2.19. The molecule has 0 aromatic heterocycles. The van der Waals surface area contributed by atoms with Gasteiger partial charge in [-0.3, -0.25) is 0 Å². The summed E-state index contributed by atoms with van der Waals surface area (Å²) in [5.41, 5.74) is 7.69. The monoisotopic (exact) mass is 291 g/mol. The van der Waals surface area contributed by atoms with Gasteiger partial charge in [0.1, 0.15) is 5.75 Å². The van der Waals surface area contributed by atoms with E-state index >= 15 is 0 Å². The Morgan fingerprint density at radius 3 is 2.83 bits per heavy atom. The fraction of sp³-hybridized carbons (Fsp3) is 0.250. The average molecular weight is 293 g/mol. The van der Waals surface area contributed by atoms with Gasteiger partial charge in [0, 0.05) is 20.9 Å². The SMILES string of the molecule is Nc1c(Br)cc(Br)c2c1OCC2. The molecule has 0 fully saturated rings. The number of anilines is 1. The second kappa shape index (κ2) is 2.92. The standard InChI is InChI=1S/C8H7Br2NO/c9-5-3-6(10)7(11)8-4(5)1-2-12-8/h3H,1-2,11H2. The summed E-state index contributed by atoms with van der Waals surface area (Å²) in [6, 6.07) is 1.96. The van der Waals surface area contributed by atoms with Crippen LogP contribution in [0.15, 0.2) is 15.0 Å². The van der Waals surface area contributed by atoms with Crippen LogP contribution >= 0.6 is 31.9 Å². The van der Waals surface area contributed by atoms with Crippen molar-refractivity contribution >= 4 is 37.5 Å². The molecule has 0 bridgehead atoms. The van der Waals surface area contributed by atoms with Gasteiger partial charge in [-0.25, -0.2) is 0 Å². The minimum absolute atomic E-state index is 0.700. The molecule has 1 aromatic carbocycles. The molecule has 2 N–H and O–H groups in total. The molecule has 0 atom stereocenters. The van der Waals surface area contributed by atoms with Gasteiger partial charge in [-0.1, -0.05) is 15.9 Å². The lowest BCUT2D eigenvalue weighted by Gasteiger charge is -2.06. The van der Waals surface area contributed by atoms with Gasteiger partial charge >= 0.3 is 0 Å². The van der Waals surface area contributed by atoms with Crippen molar-refractivity contribution < 1.29 is 4.74 Å². The van der Waals surface area contributed by atoms with Gasteiger partial charge < -0.3 is 10.5 Å². The van der Waals surface area contributed by atoms with Crippen molar-refractivity contribution in [3.8, 4) is 5.75 Å². The van der Waals surface area contributed by atoms with Crippen LogP contribution in [0.5, 0.6) is 5.75 Å². The zero-order chi connectivity index (χ0) is 8.72. The van der Waals surface area contributed by atoms with Crippen LogP contribution in [0.3, 0.4) is 0 Å². The van der Waals surface area contributed by atoms with Crippen LogP contribution in [0.2, 0.25) is 0 Å². The van der Waals surface area contributed by atoms with Crippen molar-refractivity contribution in [1.82, 2.24) is 0 Å². The molecular formula is C8H7Br2NO. The molecule has 0 amide bonds. The van der Waals surface area contributed by atoms with E-state index in [1.54, 1.807) is 0 Å². The van der Waals surface area contributed by atoms with Crippen LogP contribution < -0.4 is 10.5 Å². The van der Waals surface area contributed by atoms with Gasteiger partial charge in [0.2, 0.25) is 0 Å². The Labute approximate surface area is 87.3 Å². The molecule has 4 heteroatoms. The van der Waals surface area contributed by atoms with Gasteiger partial charge in [-0.15, -0.1) is 0 Å². The summed E-state index contributed by atoms with van der Waals surface area (Å²) in [7, 11) is 0. The maximum atomic E-state index is 5.81. The molecule has 1 heterocycles. The normalized spacial score (nSPS) is 14.2. The average Bonchev–Trinajstić information content (AvgIpc) is 2.48. The molecule has 2 nitrogen and oxygen atoms in total. The van der Waals surface area contributed by atoms with Crippen molar-refractivity contribution in [3.63, 3.8) is 0 Å². The van der Waals surface area contributed by atoms with E-state index in [0.717, 1.165) is 27.7 Å². The summed E-state index contributed by atoms with van der Waals surface area (Å²) in [5.74, 6) is 0.830. The van der Waals surface area contributed by atoms with Crippen LogP contribution in [0, 0.1) is 0 Å². The second-order valence-corrected chi connectivity index (χ2v) is 4.37. The predicted octanol–water partition coefficient (Wildman–Crippen LogP) is 2.73. The summed E-state index contributed by atoms with van der Waals surface area (Å²) in [5, 5.41) is 0. The first-order valence-electron chi connectivity index (χ1n) is 3.59. The molecule has 2 rings (SSSR count). The Morgan fingerprint density at radius 2 is 2.08 bits per heavy atom. The van der Waals surface area contributed by atoms with Gasteiger partial charge in [0.15, 0.2) is 0 Å². The van der Waals surface area contributed by atoms with Crippen molar-refractivity contribution in [3.05, 3.63) is 20.6 Å². The smallest absolute Gasteiger partial charge is 0.147 e. The second-order valence-electron chi connectivity index (χ2n) is 2.66. The van der Waals surface area contributed by atoms with Gasteiger partial charge in [0.25, 0.3) is 0 Å².